The third kappa shape index (κ3) is 2.87. The van der Waals surface area contributed by atoms with Crippen LogP contribution < -0.4 is 5.32 Å². The summed E-state index contributed by atoms with van der Waals surface area (Å²) < 4.78 is 44.7. The molecule has 118 valence electrons. The highest BCUT2D eigenvalue weighted by Crippen LogP contribution is 2.26. The van der Waals surface area contributed by atoms with Gasteiger partial charge in [0, 0.05) is 6.92 Å². The fourth-order valence-corrected chi connectivity index (χ4v) is 1.80. The van der Waals surface area contributed by atoms with Crippen LogP contribution in [0.1, 0.15) is 41.5 Å². The van der Waals surface area contributed by atoms with Gasteiger partial charge in [0.05, 0.1) is 11.6 Å². The van der Waals surface area contributed by atoms with E-state index in [-0.39, 0.29) is 11.7 Å². The van der Waals surface area contributed by atoms with Gasteiger partial charge >= 0.3 is 0 Å². The SMILES string of the molecule is CC[C@@H](NC(=O)c1cc(F)c(F)c(O)c1F)c1noc(C)n1. The van der Waals surface area contributed by atoms with Crippen molar-refractivity contribution in [1.82, 2.24) is 15.5 Å². The van der Waals surface area contributed by atoms with E-state index in [1.54, 1.807) is 13.8 Å². The molecule has 6 nitrogen and oxygen atoms in total. The summed E-state index contributed by atoms with van der Waals surface area (Å²) in [7, 11) is 0. The van der Waals surface area contributed by atoms with Crippen LogP contribution in [0.4, 0.5) is 13.2 Å². The molecule has 22 heavy (non-hydrogen) atoms. The largest absolute Gasteiger partial charge is 0.503 e. The Labute approximate surface area is 123 Å². The Hall–Kier alpha value is -2.58. The van der Waals surface area contributed by atoms with Crippen LogP contribution >= 0.6 is 0 Å². The van der Waals surface area contributed by atoms with Crippen molar-refractivity contribution in [2.45, 2.75) is 26.3 Å². The van der Waals surface area contributed by atoms with Crippen molar-refractivity contribution in [3.05, 3.63) is 40.8 Å². The second-order valence-corrected chi connectivity index (χ2v) is 4.49. The lowest BCUT2D eigenvalue weighted by atomic mass is 10.1. The molecule has 0 aliphatic heterocycles. The number of benzene rings is 1. The fraction of sp³-hybridized carbons (Fsp3) is 0.308. The predicted molar refractivity (Wildman–Crippen MR) is 67.5 cm³/mol. The fourth-order valence-electron chi connectivity index (χ4n) is 1.80. The van der Waals surface area contributed by atoms with Gasteiger partial charge in [-0.05, 0) is 12.5 Å². The molecule has 0 radical (unpaired) electrons. The van der Waals surface area contributed by atoms with Gasteiger partial charge in [-0.1, -0.05) is 12.1 Å². The minimum Gasteiger partial charge on any atom is -0.503 e. The van der Waals surface area contributed by atoms with Crippen molar-refractivity contribution >= 4 is 5.91 Å². The molecule has 0 saturated heterocycles. The molecule has 2 N–H and O–H groups in total. The molecule has 1 aromatic carbocycles. The zero-order valence-electron chi connectivity index (χ0n) is 11.7. The van der Waals surface area contributed by atoms with Crippen LogP contribution in [0, 0.1) is 24.4 Å². The first-order valence-corrected chi connectivity index (χ1v) is 6.32. The zero-order chi connectivity index (χ0) is 16.4. The molecule has 0 saturated carbocycles. The van der Waals surface area contributed by atoms with E-state index in [4.69, 9.17) is 9.63 Å². The van der Waals surface area contributed by atoms with Crippen LogP contribution in [0.15, 0.2) is 10.6 Å². The Morgan fingerprint density at radius 3 is 2.64 bits per heavy atom. The van der Waals surface area contributed by atoms with E-state index in [0.717, 1.165) is 0 Å². The van der Waals surface area contributed by atoms with Gasteiger partial charge in [0.15, 0.2) is 23.2 Å². The number of hydrogen-bond donors (Lipinski definition) is 2. The number of phenolic OH excluding ortho intramolecular Hbond substituents is 1. The number of aromatic hydroxyl groups is 1. The lowest BCUT2D eigenvalue weighted by molar-refractivity contribution is 0.0927. The molecular weight excluding hydrogens is 303 g/mol. The molecule has 2 rings (SSSR count). The molecule has 0 aliphatic rings. The molecule has 1 aromatic heterocycles. The van der Waals surface area contributed by atoms with Gasteiger partial charge in [0.2, 0.25) is 11.7 Å². The lowest BCUT2D eigenvalue weighted by Crippen LogP contribution is -2.29. The Kier molecular flexibility index (Phi) is 4.34. The van der Waals surface area contributed by atoms with Crippen LogP contribution in [0.2, 0.25) is 0 Å². The number of aryl methyl sites for hydroxylation is 1. The summed E-state index contributed by atoms with van der Waals surface area (Å²) >= 11 is 0. The molecule has 1 atom stereocenters. The molecule has 1 heterocycles. The van der Waals surface area contributed by atoms with Gasteiger partial charge in [0.1, 0.15) is 0 Å². The number of nitrogens with one attached hydrogen (secondary N) is 1. The predicted octanol–water partition coefficient (Wildman–Crippen LogP) is 2.38. The number of phenols is 1. The van der Waals surface area contributed by atoms with E-state index < -0.39 is 40.7 Å². The van der Waals surface area contributed by atoms with Gasteiger partial charge in [-0.2, -0.15) is 9.37 Å². The standard InChI is InChI=1S/C13H12F3N3O3/c1-3-8(12-17-5(2)22-19-12)18-13(21)6-4-7(14)10(16)11(20)9(6)15/h4,8,20H,3H2,1-2H3,(H,18,21)/t8-/m1/s1. The first-order valence-electron chi connectivity index (χ1n) is 6.32. The van der Waals surface area contributed by atoms with Crippen molar-refractivity contribution in [1.29, 1.82) is 0 Å². The molecule has 0 fully saturated rings. The van der Waals surface area contributed by atoms with Gasteiger partial charge < -0.3 is 14.9 Å². The summed E-state index contributed by atoms with van der Waals surface area (Å²) in [6.45, 7) is 3.26. The quantitative estimate of drug-likeness (QED) is 0.846. The van der Waals surface area contributed by atoms with Gasteiger partial charge in [-0.3, -0.25) is 4.79 Å². The summed E-state index contributed by atoms with van der Waals surface area (Å²) in [4.78, 5) is 15.9. The minimum absolute atomic E-state index is 0.167. The maximum Gasteiger partial charge on any atom is 0.255 e. The molecule has 0 unspecified atom stereocenters. The van der Waals surface area contributed by atoms with Crippen molar-refractivity contribution in [3.8, 4) is 5.75 Å². The highest BCUT2D eigenvalue weighted by atomic mass is 19.2. The van der Waals surface area contributed by atoms with Gasteiger partial charge in [-0.25, -0.2) is 8.78 Å². The summed E-state index contributed by atoms with van der Waals surface area (Å²) in [5.41, 5.74) is -0.824. The third-order valence-electron chi connectivity index (χ3n) is 2.95. The van der Waals surface area contributed by atoms with E-state index in [1.807, 2.05) is 0 Å². The van der Waals surface area contributed by atoms with E-state index in [9.17, 15) is 18.0 Å². The summed E-state index contributed by atoms with van der Waals surface area (Å²) in [5.74, 6) is -6.98. The molecular formula is C13H12F3N3O3. The highest BCUT2D eigenvalue weighted by Gasteiger charge is 2.25. The van der Waals surface area contributed by atoms with Gasteiger partial charge in [-0.15, -0.1) is 0 Å². The molecule has 9 heteroatoms. The number of carbonyl (C=O) groups excluding carboxylic acids is 1. The zero-order valence-corrected chi connectivity index (χ0v) is 11.7. The van der Waals surface area contributed by atoms with Crippen LogP contribution in [-0.2, 0) is 0 Å². The number of aromatic nitrogens is 2. The average molecular weight is 315 g/mol. The number of halogens is 3. The number of amides is 1. The Morgan fingerprint density at radius 1 is 1.41 bits per heavy atom. The van der Waals surface area contributed by atoms with Crippen LogP contribution in [0.25, 0.3) is 0 Å². The first-order chi connectivity index (χ1) is 10.3. The average Bonchev–Trinajstić information content (AvgIpc) is 2.92. The maximum absolute atomic E-state index is 13.7. The Balaban J connectivity index is 2.29. The lowest BCUT2D eigenvalue weighted by Gasteiger charge is -2.14. The molecule has 2 aromatic rings. The van der Waals surface area contributed by atoms with Crippen molar-refractivity contribution < 1.29 is 27.6 Å². The van der Waals surface area contributed by atoms with Crippen LogP contribution in [0.5, 0.6) is 5.75 Å². The van der Waals surface area contributed by atoms with Crippen LogP contribution in [-0.4, -0.2) is 21.2 Å². The summed E-state index contributed by atoms with van der Waals surface area (Å²) in [6.07, 6.45) is 0.349. The number of nitrogens with zero attached hydrogens (tertiary/aromatic N) is 2. The summed E-state index contributed by atoms with van der Waals surface area (Å²) in [5, 5.41) is 15.1. The van der Waals surface area contributed by atoms with E-state index in [1.165, 1.54) is 0 Å². The maximum atomic E-state index is 13.7. The number of carbonyl (C=O) groups is 1. The van der Waals surface area contributed by atoms with Crippen LogP contribution in [0.3, 0.4) is 0 Å². The molecule has 0 bridgehead atoms. The third-order valence-corrected chi connectivity index (χ3v) is 2.95. The van der Waals surface area contributed by atoms with Crippen molar-refractivity contribution in [3.63, 3.8) is 0 Å². The Morgan fingerprint density at radius 2 is 2.09 bits per heavy atom. The minimum atomic E-state index is -1.75. The smallest absolute Gasteiger partial charge is 0.255 e. The second kappa shape index (κ2) is 6.04. The Bertz CT molecular complexity index is 718. The molecule has 1 amide bonds. The van der Waals surface area contributed by atoms with Crippen molar-refractivity contribution in [2.75, 3.05) is 0 Å². The van der Waals surface area contributed by atoms with E-state index in [2.05, 4.69) is 15.5 Å². The topological polar surface area (TPSA) is 88.2 Å². The van der Waals surface area contributed by atoms with Gasteiger partial charge in [0.25, 0.3) is 5.91 Å². The highest BCUT2D eigenvalue weighted by molar-refractivity contribution is 5.95. The summed E-state index contributed by atoms with van der Waals surface area (Å²) in [6, 6.07) is -0.340. The normalized spacial score (nSPS) is 12.2. The van der Waals surface area contributed by atoms with Crippen molar-refractivity contribution in [2.24, 2.45) is 0 Å². The number of rotatable bonds is 4. The van der Waals surface area contributed by atoms with E-state index in [0.29, 0.717) is 12.5 Å². The monoisotopic (exact) mass is 315 g/mol. The molecule has 0 spiro atoms. The molecule has 0 aliphatic carbocycles. The first kappa shape index (κ1) is 15.8. The number of hydrogen-bond acceptors (Lipinski definition) is 5. The van der Waals surface area contributed by atoms with E-state index >= 15 is 0 Å². The second-order valence-electron chi connectivity index (χ2n) is 4.49.